The van der Waals surface area contributed by atoms with Crippen LogP contribution in [-0.2, 0) is 16.1 Å². The molecule has 3 heterocycles. The van der Waals surface area contributed by atoms with E-state index in [9.17, 15) is 9.59 Å². The van der Waals surface area contributed by atoms with Gasteiger partial charge in [-0.3, -0.25) is 14.7 Å². The van der Waals surface area contributed by atoms with Crippen molar-refractivity contribution in [3.8, 4) is 16.9 Å². The predicted octanol–water partition coefficient (Wildman–Crippen LogP) is 5.11. The minimum absolute atomic E-state index is 0. The molecule has 45 heavy (non-hydrogen) atoms. The summed E-state index contributed by atoms with van der Waals surface area (Å²) in [5.41, 5.74) is 5.58. The summed E-state index contributed by atoms with van der Waals surface area (Å²) in [6, 6.07) is 16.9. The second-order valence-electron chi connectivity index (χ2n) is 13.1. The molecule has 1 aliphatic carbocycles. The third-order valence-corrected chi connectivity index (χ3v) is 9.24. The van der Waals surface area contributed by atoms with E-state index >= 15 is 0 Å². The molecule has 0 spiro atoms. The van der Waals surface area contributed by atoms with Crippen molar-refractivity contribution in [1.82, 2.24) is 25.3 Å². The molecular formula is C35H47ClN6O3. The number of piperazine rings is 1. The Bertz CT molecular complexity index is 1460. The molecule has 1 aromatic heterocycles. The zero-order chi connectivity index (χ0) is 30.8. The summed E-state index contributed by atoms with van der Waals surface area (Å²) in [5, 5.41) is 10.7. The number of halogens is 1. The number of hydrogen-bond acceptors (Lipinski definition) is 6. The molecule has 2 aliphatic heterocycles. The summed E-state index contributed by atoms with van der Waals surface area (Å²) in [6.07, 6.45) is 4.02. The zero-order valence-corrected chi connectivity index (χ0v) is 27.8. The molecule has 2 aromatic carbocycles. The maximum atomic E-state index is 14.0. The highest BCUT2D eigenvalue weighted by molar-refractivity contribution is 5.85. The average molecular weight is 635 g/mol. The number of carbonyl (C=O) groups is 2. The van der Waals surface area contributed by atoms with Crippen LogP contribution in [0.4, 0.5) is 5.69 Å². The van der Waals surface area contributed by atoms with E-state index in [1.807, 2.05) is 50.8 Å². The van der Waals surface area contributed by atoms with Gasteiger partial charge in [-0.1, -0.05) is 30.3 Å². The van der Waals surface area contributed by atoms with Gasteiger partial charge in [-0.25, -0.2) is 0 Å². The van der Waals surface area contributed by atoms with Crippen molar-refractivity contribution in [3.05, 3.63) is 65.5 Å². The van der Waals surface area contributed by atoms with Crippen molar-refractivity contribution < 1.29 is 14.3 Å². The lowest BCUT2D eigenvalue weighted by Crippen LogP contribution is -2.54. The van der Waals surface area contributed by atoms with Gasteiger partial charge in [0.05, 0.1) is 11.6 Å². The summed E-state index contributed by atoms with van der Waals surface area (Å²) in [4.78, 5) is 33.5. The summed E-state index contributed by atoms with van der Waals surface area (Å²) in [6.45, 7) is 13.0. The van der Waals surface area contributed by atoms with Crippen molar-refractivity contribution in [1.29, 1.82) is 0 Å². The van der Waals surface area contributed by atoms with Crippen LogP contribution in [-0.4, -0.2) is 82.7 Å². The van der Waals surface area contributed by atoms with Crippen LogP contribution in [0.3, 0.4) is 0 Å². The van der Waals surface area contributed by atoms with E-state index in [2.05, 4.69) is 55.6 Å². The molecular weight excluding hydrogens is 588 g/mol. The van der Waals surface area contributed by atoms with Crippen molar-refractivity contribution in [3.63, 3.8) is 0 Å². The summed E-state index contributed by atoms with van der Waals surface area (Å²) in [5.74, 6) is 0.899. The number of hydrogen-bond donors (Lipinski definition) is 2. The van der Waals surface area contributed by atoms with Crippen LogP contribution in [0.2, 0.25) is 0 Å². The van der Waals surface area contributed by atoms with Gasteiger partial charge in [0.1, 0.15) is 5.75 Å². The summed E-state index contributed by atoms with van der Waals surface area (Å²) >= 11 is 0. The van der Waals surface area contributed by atoms with Crippen LogP contribution in [0, 0.1) is 19.8 Å². The van der Waals surface area contributed by atoms with Crippen molar-refractivity contribution in [2.24, 2.45) is 5.92 Å². The van der Waals surface area contributed by atoms with E-state index in [-0.39, 0.29) is 30.1 Å². The molecule has 6 rings (SSSR count). The number of aromatic nitrogens is 2. The standard InChI is InChI=1S/C35H46N6O3.ClH/c1-24-32(25(2)38-37-24)27-12-10-26(11-13-27)22-41(29-14-15-29)33(42)28-7-6-18-40(23-28)30-8-5-9-31(21-30)44-35(3,4)34(43)39-19-16-36-17-20-39;/h5,8-13,21,28-29,36H,6-7,14-20,22-23H2,1-4H3,(H,37,38);1H. The molecule has 2 amide bonds. The number of piperidine rings is 1. The fourth-order valence-corrected chi connectivity index (χ4v) is 6.70. The molecule has 0 bridgehead atoms. The average Bonchev–Trinajstić information content (AvgIpc) is 3.83. The van der Waals surface area contributed by atoms with Crippen LogP contribution in [0.5, 0.6) is 5.75 Å². The Morgan fingerprint density at radius 1 is 1.02 bits per heavy atom. The Hall–Kier alpha value is -3.56. The highest BCUT2D eigenvalue weighted by atomic mass is 35.5. The molecule has 1 saturated carbocycles. The van der Waals surface area contributed by atoms with Gasteiger partial charge in [0.25, 0.3) is 5.91 Å². The third kappa shape index (κ3) is 7.47. The molecule has 242 valence electrons. The molecule has 1 atom stereocenters. The first-order chi connectivity index (χ1) is 21.2. The van der Waals surface area contributed by atoms with E-state index in [0.29, 0.717) is 38.0 Å². The Balaban J connectivity index is 0.00000400. The molecule has 2 saturated heterocycles. The Morgan fingerprint density at radius 2 is 1.76 bits per heavy atom. The first-order valence-electron chi connectivity index (χ1n) is 16.1. The van der Waals surface area contributed by atoms with Gasteiger partial charge in [0.15, 0.2) is 5.60 Å². The van der Waals surface area contributed by atoms with E-state index in [0.717, 1.165) is 79.1 Å². The lowest BCUT2D eigenvalue weighted by molar-refractivity contribution is -0.146. The van der Waals surface area contributed by atoms with E-state index in [1.54, 1.807) is 0 Å². The Morgan fingerprint density at radius 3 is 2.42 bits per heavy atom. The normalized spacial score (nSPS) is 18.7. The van der Waals surface area contributed by atoms with Crippen LogP contribution < -0.4 is 15.0 Å². The van der Waals surface area contributed by atoms with Gasteiger partial charge in [0, 0.05) is 74.9 Å². The number of aryl methyl sites for hydroxylation is 2. The Kier molecular flexibility index (Phi) is 10.1. The van der Waals surface area contributed by atoms with Crippen LogP contribution in [0.15, 0.2) is 48.5 Å². The highest BCUT2D eigenvalue weighted by Gasteiger charge is 2.38. The number of rotatable bonds is 9. The largest absolute Gasteiger partial charge is 0.478 e. The van der Waals surface area contributed by atoms with Gasteiger partial charge in [-0.15, -0.1) is 12.4 Å². The van der Waals surface area contributed by atoms with E-state index in [1.165, 1.54) is 0 Å². The number of ether oxygens (including phenoxy) is 1. The fraction of sp³-hybridized carbons (Fsp3) is 0.514. The van der Waals surface area contributed by atoms with E-state index in [4.69, 9.17) is 4.74 Å². The first kappa shape index (κ1) is 32.8. The number of H-pyrrole nitrogens is 1. The maximum Gasteiger partial charge on any atom is 0.266 e. The van der Waals surface area contributed by atoms with Crippen molar-refractivity contribution >= 4 is 29.9 Å². The minimum atomic E-state index is -0.963. The van der Waals surface area contributed by atoms with Crippen LogP contribution in [0.1, 0.15) is 56.5 Å². The molecule has 9 nitrogen and oxygen atoms in total. The highest BCUT2D eigenvalue weighted by Crippen LogP contribution is 2.34. The quantitative estimate of drug-likeness (QED) is 0.340. The molecule has 1 unspecified atom stereocenters. The second-order valence-corrected chi connectivity index (χ2v) is 13.1. The lowest BCUT2D eigenvalue weighted by atomic mass is 9.95. The minimum Gasteiger partial charge on any atom is -0.478 e. The molecule has 3 fully saturated rings. The smallest absolute Gasteiger partial charge is 0.266 e. The number of nitrogens with zero attached hydrogens (tertiary/aromatic N) is 4. The van der Waals surface area contributed by atoms with Crippen molar-refractivity contribution in [2.45, 2.75) is 71.6 Å². The first-order valence-corrected chi connectivity index (χ1v) is 16.1. The van der Waals surface area contributed by atoms with Gasteiger partial charge in [0.2, 0.25) is 5.91 Å². The topological polar surface area (TPSA) is 93.8 Å². The van der Waals surface area contributed by atoms with Crippen LogP contribution in [0.25, 0.3) is 11.1 Å². The molecule has 3 aromatic rings. The van der Waals surface area contributed by atoms with Crippen LogP contribution >= 0.6 is 12.4 Å². The zero-order valence-electron chi connectivity index (χ0n) is 27.0. The molecule has 3 aliphatic rings. The van der Waals surface area contributed by atoms with Gasteiger partial charge in [-0.2, -0.15) is 5.10 Å². The number of nitrogens with one attached hydrogen (secondary N) is 2. The number of amides is 2. The van der Waals surface area contributed by atoms with Crippen molar-refractivity contribution in [2.75, 3.05) is 44.2 Å². The fourth-order valence-electron chi connectivity index (χ4n) is 6.70. The van der Waals surface area contributed by atoms with Gasteiger partial charge >= 0.3 is 0 Å². The summed E-state index contributed by atoms with van der Waals surface area (Å²) < 4.78 is 6.29. The van der Waals surface area contributed by atoms with Gasteiger partial charge < -0.3 is 24.8 Å². The number of carbonyl (C=O) groups excluding carboxylic acids is 2. The predicted molar refractivity (Wildman–Crippen MR) is 180 cm³/mol. The molecule has 10 heteroatoms. The number of benzene rings is 2. The monoisotopic (exact) mass is 634 g/mol. The Labute approximate surface area is 273 Å². The molecule has 2 N–H and O–H groups in total. The lowest BCUT2D eigenvalue weighted by Gasteiger charge is -2.37. The second kappa shape index (κ2) is 13.8. The number of anilines is 1. The summed E-state index contributed by atoms with van der Waals surface area (Å²) in [7, 11) is 0. The number of aromatic amines is 1. The maximum absolute atomic E-state index is 14.0. The van der Waals surface area contributed by atoms with E-state index < -0.39 is 5.60 Å². The third-order valence-electron chi connectivity index (χ3n) is 9.24. The van der Waals surface area contributed by atoms with Gasteiger partial charge in [-0.05, 0) is 76.6 Å². The molecule has 0 radical (unpaired) electrons. The SMILES string of the molecule is Cc1n[nH]c(C)c1-c1ccc(CN(C(=O)C2CCCN(c3cccc(OC(C)(C)C(=O)N4CCNCC4)c3)C2)C2CC2)cc1.Cl.